The highest BCUT2D eigenvalue weighted by atomic mass is 127. The van der Waals surface area contributed by atoms with E-state index >= 15 is 0 Å². The van der Waals surface area contributed by atoms with Crippen molar-refractivity contribution in [3.05, 3.63) is 42.5 Å². The van der Waals surface area contributed by atoms with Crippen molar-refractivity contribution >= 4 is 35.8 Å². The maximum Gasteiger partial charge on any atom is 0.225 e. The third kappa shape index (κ3) is 7.68. The van der Waals surface area contributed by atoms with E-state index in [4.69, 9.17) is 4.74 Å². The van der Waals surface area contributed by atoms with E-state index in [0.29, 0.717) is 25.0 Å². The number of ether oxygens (including phenoxy) is 1. The number of carbonyl (C=O) groups excluding carboxylic acids is 1. The first-order valence-corrected chi connectivity index (χ1v) is 11.0. The van der Waals surface area contributed by atoms with Crippen LogP contribution in [0.1, 0.15) is 24.8 Å². The Morgan fingerprint density at radius 3 is 2.61 bits per heavy atom. The minimum atomic E-state index is 0. The number of carbonyl (C=O) groups is 1. The van der Waals surface area contributed by atoms with Gasteiger partial charge in [0.05, 0.1) is 0 Å². The summed E-state index contributed by atoms with van der Waals surface area (Å²) in [5.74, 6) is 2.31. The van der Waals surface area contributed by atoms with Gasteiger partial charge in [0.25, 0.3) is 0 Å². The number of nitrogens with one attached hydrogen (secondary N) is 2. The van der Waals surface area contributed by atoms with E-state index in [-0.39, 0.29) is 24.0 Å². The summed E-state index contributed by atoms with van der Waals surface area (Å²) in [6, 6.07) is 7.98. The molecule has 2 fully saturated rings. The van der Waals surface area contributed by atoms with Gasteiger partial charge in [0.2, 0.25) is 5.91 Å². The standard InChI is InChI=1S/C23H35N5O2.HI/c1-3-17-30-21-10-5-4-7-20(21)18-26-23(24-2)25-11-12-27-13-15-28(16-14-27)22(29)19-8-6-9-19;/h3-5,7,10,19H,1,6,8-9,11-18H2,2H3,(H2,24,25,26);1H. The molecule has 0 aromatic heterocycles. The number of rotatable bonds is 9. The molecule has 1 saturated carbocycles. The molecule has 7 nitrogen and oxygen atoms in total. The van der Waals surface area contributed by atoms with E-state index in [1.54, 1.807) is 13.1 Å². The Morgan fingerprint density at radius 2 is 1.97 bits per heavy atom. The number of hydrogen-bond acceptors (Lipinski definition) is 4. The van der Waals surface area contributed by atoms with Crippen LogP contribution >= 0.6 is 24.0 Å². The Bertz CT molecular complexity index is 730. The van der Waals surface area contributed by atoms with Crippen LogP contribution in [0.2, 0.25) is 0 Å². The van der Waals surface area contributed by atoms with Gasteiger partial charge in [-0.2, -0.15) is 0 Å². The zero-order chi connectivity index (χ0) is 21.2. The first kappa shape index (κ1) is 25.5. The van der Waals surface area contributed by atoms with Gasteiger partial charge in [-0.1, -0.05) is 37.3 Å². The molecule has 3 rings (SSSR count). The van der Waals surface area contributed by atoms with E-state index in [2.05, 4.69) is 32.0 Å². The molecule has 1 amide bonds. The maximum atomic E-state index is 12.4. The zero-order valence-corrected chi connectivity index (χ0v) is 20.8. The molecule has 1 aromatic carbocycles. The molecule has 0 unspecified atom stereocenters. The van der Waals surface area contributed by atoms with Crippen LogP contribution in [-0.4, -0.2) is 74.6 Å². The molecule has 0 spiro atoms. The highest BCUT2D eigenvalue weighted by Crippen LogP contribution is 2.28. The topological polar surface area (TPSA) is 69.2 Å². The predicted octanol–water partition coefficient (Wildman–Crippen LogP) is 2.48. The molecule has 2 N–H and O–H groups in total. The van der Waals surface area contributed by atoms with E-state index in [9.17, 15) is 4.79 Å². The molecule has 172 valence electrons. The van der Waals surface area contributed by atoms with Crippen molar-refractivity contribution in [1.29, 1.82) is 0 Å². The van der Waals surface area contributed by atoms with E-state index in [1.165, 1.54) is 6.42 Å². The van der Waals surface area contributed by atoms with Crippen LogP contribution in [0.25, 0.3) is 0 Å². The first-order valence-electron chi connectivity index (χ1n) is 11.0. The Kier molecular flexibility index (Phi) is 11.1. The van der Waals surface area contributed by atoms with E-state index < -0.39 is 0 Å². The van der Waals surface area contributed by atoms with Gasteiger partial charge in [0.1, 0.15) is 12.4 Å². The fourth-order valence-electron chi connectivity index (χ4n) is 3.78. The van der Waals surface area contributed by atoms with Gasteiger partial charge < -0.3 is 20.3 Å². The molecule has 31 heavy (non-hydrogen) atoms. The van der Waals surface area contributed by atoms with Crippen molar-refractivity contribution in [1.82, 2.24) is 20.4 Å². The number of amides is 1. The number of piperazine rings is 1. The van der Waals surface area contributed by atoms with Gasteiger partial charge in [-0.3, -0.25) is 14.7 Å². The first-order chi connectivity index (χ1) is 14.7. The summed E-state index contributed by atoms with van der Waals surface area (Å²) in [4.78, 5) is 21.1. The molecule has 0 bridgehead atoms. The largest absolute Gasteiger partial charge is 0.489 e. The van der Waals surface area contributed by atoms with Gasteiger partial charge in [0, 0.05) is 64.3 Å². The van der Waals surface area contributed by atoms with Crippen LogP contribution in [0.5, 0.6) is 5.75 Å². The number of halogens is 1. The quantitative estimate of drug-likeness (QED) is 0.218. The van der Waals surface area contributed by atoms with Crippen LogP contribution in [-0.2, 0) is 11.3 Å². The molecular formula is C23H36IN5O2. The summed E-state index contributed by atoms with van der Waals surface area (Å²) < 4.78 is 5.71. The molecule has 1 heterocycles. The highest BCUT2D eigenvalue weighted by Gasteiger charge is 2.30. The summed E-state index contributed by atoms with van der Waals surface area (Å²) in [6.45, 7) is 10.2. The average molecular weight is 541 g/mol. The van der Waals surface area contributed by atoms with Crippen molar-refractivity contribution in [2.24, 2.45) is 10.9 Å². The number of benzene rings is 1. The molecule has 1 aromatic rings. The van der Waals surface area contributed by atoms with Crippen LogP contribution in [0, 0.1) is 5.92 Å². The van der Waals surface area contributed by atoms with Crippen molar-refractivity contribution in [2.45, 2.75) is 25.8 Å². The molecule has 1 aliphatic heterocycles. The van der Waals surface area contributed by atoms with Crippen molar-refractivity contribution in [2.75, 3.05) is 52.9 Å². The second-order valence-corrected chi connectivity index (χ2v) is 7.85. The summed E-state index contributed by atoms with van der Waals surface area (Å²) in [7, 11) is 1.78. The van der Waals surface area contributed by atoms with Crippen molar-refractivity contribution in [3.8, 4) is 5.75 Å². The van der Waals surface area contributed by atoms with Crippen LogP contribution in [0.3, 0.4) is 0 Å². The number of guanidine groups is 1. The second kappa shape index (κ2) is 13.6. The third-order valence-corrected chi connectivity index (χ3v) is 5.86. The molecule has 8 heteroatoms. The van der Waals surface area contributed by atoms with Gasteiger partial charge in [-0.05, 0) is 18.9 Å². The second-order valence-electron chi connectivity index (χ2n) is 7.85. The minimum absolute atomic E-state index is 0. The number of para-hydroxylation sites is 1. The Morgan fingerprint density at radius 1 is 1.23 bits per heavy atom. The predicted molar refractivity (Wildman–Crippen MR) is 136 cm³/mol. The van der Waals surface area contributed by atoms with Gasteiger partial charge in [-0.25, -0.2) is 0 Å². The van der Waals surface area contributed by atoms with Crippen molar-refractivity contribution < 1.29 is 9.53 Å². The van der Waals surface area contributed by atoms with Gasteiger partial charge in [0.15, 0.2) is 5.96 Å². The number of aliphatic imine (C=N–C) groups is 1. The van der Waals surface area contributed by atoms with E-state index in [1.807, 2.05) is 24.3 Å². The van der Waals surface area contributed by atoms with Crippen LogP contribution in [0.15, 0.2) is 41.9 Å². The fraction of sp³-hybridized carbons (Fsp3) is 0.565. The molecular weight excluding hydrogens is 505 g/mol. The summed E-state index contributed by atoms with van der Waals surface area (Å²) >= 11 is 0. The fourth-order valence-corrected chi connectivity index (χ4v) is 3.78. The average Bonchev–Trinajstić information content (AvgIpc) is 2.74. The highest BCUT2D eigenvalue weighted by molar-refractivity contribution is 14.0. The van der Waals surface area contributed by atoms with Crippen LogP contribution < -0.4 is 15.4 Å². The third-order valence-electron chi connectivity index (χ3n) is 5.86. The monoisotopic (exact) mass is 541 g/mol. The molecule has 2 aliphatic rings. The number of hydrogen-bond donors (Lipinski definition) is 2. The lowest BCUT2D eigenvalue weighted by Crippen LogP contribution is -2.52. The molecule has 0 atom stereocenters. The lowest BCUT2D eigenvalue weighted by molar-refractivity contribution is -0.139. The minimum Gasteiger partial charge on any atom is -0.489 e. The molecule has 0 radical (unpaired) electrons. The van der Waals surface area contributed by atoms with Gasteiger partial charge >= 0.3 is 0 Å². The smallest absolute Gasteiger partial charge is 0.225 e. The number of nitrogens with zero attached hydrogens (tertiary/aromatic N) is 3. The Hall–Kier alpha value is -1.81. The van der Waals surface area contributed by atoms with Gasteiger partial charge in [-0.15, -0.1) is 24.0 Å². The lowest BCUT2D eigenvalue weighted by atomic mass is 9.84. The zero-order valence-electron chi connectivity index (χ0n) is 18.5. The van der Waals surface area contributed by atoms with Crippen molar-refractivity contribution in [3.63, 3.8) is 0 Å². The summed E-state index contributed by atoms with van der Waals surface area (Å²) in [5, 5.41) is 6.73. The maximum absolute atomic E-state index is 12.4. The lowest BCUT2D eigenvalue weighted by Gasteiger charge is -2.38. The SMILES string of the molecule is C=CCOc1ccccc1CNC(=NC)NCCN1CCN(C(=O)C2CCC2)CC1.I. The normalized spacial score (nSPS) is 17.3. The Labute approximate surface area is 203 Å². The van der Waals surface area contributed by atoms with Crippen LogP contribution in [0.4, 0.5) is 0 Å². The molecule has 1 saturated heterocycles. The molecule has 1 aliphatic carbocycles. The summed E-state index contributed by atoms with van der Waals surface area (Å²) in [5.41, 5.74) is 1.08. The Balaban J connectivity index is 0.00000341. The van der Waals surface area contributed by atoms with E-state index in [0.717, 1.165) is 69.4 Å². The summed E-state index contributed by atoms with van der Waals surface area (Å²) in [6.07, 6.45) is 5.12.